The van der Waals surface area contributed by atoms with Gasteiger partial charge < -0.3 is 103 Å². The standard InChI is InChI=1S/C100H136N6O28/c1-8-79-67(2)70(5)89(132-94(118)75-36-18-11-19-37-75)97(129-79)124-56-27-43-78(107)42-24-25-51-101-84(110)48-59-121-64-100(106-87(113)44-26-47-88(114)115,65-122-60-49-85(111)104-54-30-52-102-82(108)45-28-57-125-98-90(133-95(119)76-38-20-12-21-39-76)71(6)68(3)80(130-98)62-127-92(116)73-32-14-9-15-33-73)66-123-61-50-86(112)105-55-31-53-103-83(109)46-29-58-126-99-91(134-96(120)77-40-22-13-23-41-77)72(7)69(4)81(131-99)63-128-93(117)74-34-16-10-17-35-74/h9-23,32-41,67-72,79-81,89-91,97-99H,8,24-31,42-66H2,1-7H3,(H,101,110)(H,102,108)(H,103,109)(H,104,111)(H,105,112)(H,106,113)(H,114,115)/t67-,68-,69-,70-,71-,72-,79?,80?,81?,89?,90?,91?,97+,98+,99+,100?/m0/s1. The number of carboxylic acid groups (broad SMARTS) is 1. The fraction of sp³-hybridized carbons (Fsp3) is 0.570. The lowest BCUT2D eigenvalue weighted by molar-refractivity contribution is -0.274. The van der Waals surface area contributed by atoms with E-state index < -0.39 is 108 Å². The molecule has 3 aliphatic rings. The second-order valence-electron chi connectivity index (χ2n) is 34.2. The first kappa shape index (κ1) is 108. The second-order valence-corrected chi connectivity index (χ2v) is 34.2. The van der Waals surface area contributed by atoms with Crippen molar-refractivity contribution in [1.82, 2.24) is 31.9 Å². The number of unbranched alkanes of at least 4 members (excludes halogenated alkanes) is 1. The molecule has 7 N–H and O–H groups in total. The Kier molecular flexibility index (Phi) is 48.3. The van der Waals surface area contributed by atoms with E-state index in [2.05, 4.69) is 38.8 Å². The number of carbonyl (C=O) groups is 13. The number of hydrogen-bond acceptors (Lipinski definition) is 27. The third kappa shape index (κ3) is 38.4. The monoisotopic (exact) mass is 1870 g/mol. The molecular formula is C100H136N6O28. The van der Waals surface area contributed by atoms with Gasteiger partial charge in [0.1, 0.15) is 24.5 Å². The van der Waals surface area contributed by atoms with Gasteiger partial charge in [-0.3, -0.25) is 38.4 Å². The molecule has 0 aliphatic carbocycles. The van der Waals surface area contributed by atoms with E-state index in [-0.39, 0.29) is 248 Å². The van der Waals surface area contributed by atoms with Crippen molar-refractivity contribution in [2.24, 2.45) is 35.5 Å². The van der Waals surface area contributed by atoms with Crippen molar-refractivity contribution in [3.8, 4) is 0 Å². The number of rotatable bonds is 61. The number of carboxylic acids is 1. The molecule has 5 aromatic rings. The predicted molar refractivity (Wildman–Crippen MR) is 489 cm³/mol. The van der Waals surface area contributed by atoms with Crippen molar-refractivity contribution in [2.75, 3.05) is 105 Å². The number of amides is 6. The minimum absolute atomic E-state index is 0.0197. The van der Waals surface area contributed by atoms with Gasteiger partial charge in [-0.15, -0.1) is 0 Å². The summed E-state index contributed by atoms with van der Waals surface area (Å²) in [5, 5.41) is 26.5. The van der Waals surface area contributed by atoms with Crippen molar-refractivity contribution in [3.05, 3.63) is 179 Å². The van der Waals surface area contributed by atoms with Gasteiger partial charge in [-0.1, -0.05) is 139 Å². The fourth-order valence-electron chi connectivity index (χ4n) is 15.4. The number of aliphatic carboxylic acids is 1. The van der Waals surface area contributed by atoms with Crippen LogP contribution in [0.5, 0.6) is 0 Å². The normalized spacial score (nSPS) is 21.9. The van der Waals surface area contributed by atoms with E-state index >= 15 is 0 Å². The smallest absolute Gasteiger partial charge is 0.338 e. The molecule has 134 heavy (non-hydrogen) atoms. The molecular weight excluding hydrogens is 1730 g/mol. The summed E-state index contributed by atoms with van der Waals surface area (Å²) in [6, 6.07) is 42.8. The Balaban J connectivity index is 0.778. The summed E-state index contributed by atoms with van der Waals surface area (Å²) in [5.41, 5.74) is 0.341. The molecule has 0 aromatic heterocycles. The van der Waals surface area contributed by atoms with Gasteiger partial charge in [0.25, 0.3) is 0 Å². The van der Waals surface area contributed by atoms with Crippen molar-refractivity contribution in [1.29, 1.82) is 0 Å². The van der Waals surface area contributed by atoms with Gasteiger partial charge in [0.15, 0.2) is 37.2 Å². The SMILES string of the molecule is CCC1O[C@@H](OCCCC(=O)CCCCNC(=O)CCOCC(COCCC(=O)NCCCNC(=O)CCCO[C@@H]2OC(COC(=O)c3ccccc3)[C@@H](C)[C@H](C)C2OC(=O)c2ccccc2)(COCCC(=O)NCCCNC(=O)CCCO[C@@H]2OC(COC(=O)c3ccccc3)[C@@H](C)[C@H](C)C2OC(=O)c2ccccc2)NC(=O)CCCC(=O)O)C(OC(=O)c2ccccc2)[C@@H](C)[C@@H]1C. The third-order valence-electron chi connectivity index (χ3n) is 24.0. The summed E-state index contributed by atoms with van der Waals surface area (Å²) in [6.45, 7) is 13.5. The molecule has 0 bridgehead atoms. The average molecular weight is 1870 g/mol. The number of esters is 5. The predicted octanol–water partition coefficient (Wildman–Crippen LogP) is 10.6. The van der Waals surface area contributed by atoms with Gasteiger partial charge in [-0.05, 0) is 136 Å². The summed E-state index contributed by atoms with van der Waals surface area (Å²) in [7, 11) is 0. The van der Waals surface area contributed by atoms with Crippen LogP contribution in [0.4, 0.5) is 0 Å². The van der Waals surface area contributed by atoms with Crippen molar-refractivity contribution >= 4 is 77.0 Å². The number of carbonyl (C=O) groups excluding carboxylic acids is 12. The highest BCUT2D eigenvalue weighted by Crippen LogP contribution is 2.38. The van der Waals surface area contributed by atoms with E-state index in [0.717, 1.165) is 6.42 Å². The summed E-state index contributed by atoms with van der Waals surface area (Å²) in [5.74, 6) is -7.04. The van der Waals surface area contributed by atoms with E-state index in [0.29, 0.717) is 59.9 Å². The van der Waals surface area contributed by atoms with Crippen LogP contribution in [-0.2, 0) is 105 Å². The zero-order valence-electron chi connectivity index (χ0n) is 78.1. The van der Waals surface area contributed by atoms with E-state index in [1.807, 2.05) is 47.6 Å². The molecule has 0 saturated carbocycles. The molecule has 15 atom stereocenters. The Morgan fingerprint density at radius 1 is 0.313 bits per heavy atom. The summed E-state index contributed by atoms with van der Waals surface area (Å²) in [6.07, 6.45) is -3.42. The van der Waals surface area contributed by atoms with Gasteiger partial charge >= 0.3 is 35.8 Å². The maximum absolute atomic E-state index is 13.7. The molecule has 6 unspecified atom stereocenters. The van der Waals surface area contributed by atoms with Crippen LogP contribution in [0.1, 0.15) is 216 Å². The average Bonchev–Trinajstić information content (AvgIpc) is 0.822. The van der Waals surface area contributed by atoms with Crippen molar-refractivity contribution in [2.45, 2.75) is 225 Å². The topological polar surface area (TPSA) is 444 Å². The first-order valence-corrected chi connectivity index (χ1v) is 46.9. The van der Waals surface area contributed by atoms with E-state index in [1.165, 1.54) is 0 Å². The van der Waals surface area contributed by atoms with Crippen LogP contribution in [0.3, 0.4) is 0 Å². The Morgan fingerprint density at radius 2 is 0.604 bits per heavy atom. The van der Waals surface area contributed by atoms with Crippen LogP contribution in [0.25, 0.3) is 0 Å². The van der Waals surface area contributed by atoms with E-state index in [9.17, 15) is 67.4 Å². The molecule has 3 fully saturated rings. The molecule has 3 aliphatic heterocycles. The molecule has 0 radical (unpaired) electrons. The fourth-order valence-corrected chi connectivity index (χ4v) is 15.4. The maximum atomic E-state index is 13.7. The molecule has 8 rings (SSSR count). The van der Waals surface area contributed by atoms with Gasteiger partial charge in [0.05, 0.1) is 106 Å². The second kappa shape index (κ2) is 59.7. The quantitative estimate of drug-likeness (QED) is 0.0108. The lowest BCUT2D eigenvalue weighted by atomic mass is 9.82. The summed E-state index contributed by atoms with van der Waals surface area (Å²) < 4.78 is 85.0. The molecule has 0 spiro atoms. The molecule has 34 nitrogen and oxygen atoms in total. The molecule has 3 heterocycles. The first-order chi connectivity index (χ1) is 64.7. The first-order valence-electron chi connectivity index (χ1n) is 46.9. The molecule has 5 aromatic carbocycles. The Hall–Kier alpha value is -11.0. The van der Waals surface area contributed by atoms with Crippen molar-refractivity contribution in [3.63, 3.8) is 0 Å². The van der Waals surface area contributed by atoms with Gasteiger partial charge in [-0.2, -0.15) is 0 Å². The highest BCUT2D eigenvalue weighted by atomic mass is 16.7. The molecule has 3 saturated heterocycles. The van der Waals surface area contributed by atoms with E-state index in [4.69, 9.17) is 66.3 Å². The largest absolute Gasteiger partial charge is 0.481 e. The Bertz CT molecular complexity index is 4230. The van der Waals surface area contributed by atoms with Crippen LogP contribution >= 0.6 is 0 Å². The number of ether oxygens (including phenoxy) is 14. The number of Topliss-reactive ketones (excluding diaryl/α,β-unsaturated/α-hetero) is 1. The van der Waals surface area contributed by atoms with Crippen LogP contribution in [-0.4, -0.2) is 249 Å². The zero-order chi connectivity index (χ0) is 96.4. The van der Waals surface area contributed by atoms with Crippen LogP contribution in [0, 0.1) is 35.5 Å². The molecule has 6 amide bonds. The van der Waals surface area contributed by atoms with Crippen LogP contribution in [0.2, 0.25) is 0 Å². The third-order valence-corrected chi connectivity index (χ3v) is 24.0. The van der Waals surface area contributed by atoms with E-state index in [1.54, 1.807) is 146 Å². The van der Waals surface area contributed by atoms with Gasteiger partial charge in [0.2, 0.25) is 35.4 Å². The van der Waals surface area contributed by atoms with Gasteiger partial charge in [0, 0.05) is 108 Å². The van der Waals surface area contributed by atoms with Crippen LogP contribution < -0.4 is 31.9 Å². The van der Waals surface area contributed by atoms with Gasteiger partial charge in [-0.25, -0.2) is 24.0 Å². The number of nitrogens with one attached hydrogen (secondary N) is 6. The Morgan fingerprint density at radius 3 is 0.940 bits per heavy atom. The zero-order valence-corrected chi connectivity index (χ0v) is 78.1. The van der Waals surface area contributed by atoms with Crippen molar-refractivity contribution < 1.29 is 134 Å². The molecule has 734 valence electrons. The summed E-state index contributed by atoms with van der Waals surface area (Å²) >= 11 is 0. The number of benzene rings is 5. The lowest BCUT2D eigenvalue weighted by Gasteiger charge is -2.43. The minimum Gasteiger partial charge on any atom is -0.481 e. The summed E-state index contributed by atoms with van der Waals surface area (Å²) in [4.78, 5) is 170. The Labute approximate surface area is 784 Å². The highest BCUT2D eigenvalue weighted by molar-refractivity contribution is 5.92. The lowest BCUT2D eigenvalue weighted by Crippen LogP contribution is -2.58. The molecule has 34 heteroatoms. The van der Waals surface area contributed by atoms with Crippen LogP contribution in [0.15, 0.2) is 152 Å². The minimum atomic E-state index is -1.52. The maximum Gasteiger partial charge on any atom is 0.338 e. The number of ketones is 1. The highest BCUT2D eigenvalue weighted by Gasteiger charge is 2.48. The number of hydrogen-bond donors (Lipinski definition) is 7.